The summed E-state index contributed by atoms with van der Waals surface area (Å²) in [4.78, 5) is 12.8. The van der Waals surface area contributed by atoms with Gasteiger partial charge in [-0.25, -0.2) is 9.07 Å². The Morgan fingerprint density at radius 3 is 2.55 bits per heavy atom. The van der Waals surface area contributed by atoms with Gasteiger partial charge in [-0.05, 0) is 57.2 Å². The summed E-state index contributed by atoms with van der Waals surface area (Å²) in [5, 5.41) is 7.92. The van der Waals surface area contributed by atoms with E-state index in [1.165, 1.54) is 16.8 Å². The van der Waals surface area contributed by atoms with Crippen LogP contribution in [0.4, 0.5) is 10.1 Å². The van der Waals surface area contributed by atoms with Crippen molar-refractivity contribution in [2.45, 2.75) is 32.5 Å². The number of carbonyl (C=O) groups excluding carboxylic acids is 1. The lowest BCUT2D eigenvalue weighted by atomic mass is 9.77. The Morgan fingerprint density at radius 2 is 2.00 bits per heavy atom. The number of carbonyl (C=O) groups is 1. The van der Waals surface area contributed by atoms with Gasteiger partial charge in [-0.2, -0.15) is 5.10 Å². The fourth-order valence-electron chi connectivity index (χ4n) is 3.60. The Labute approximate surface area is 186 Å². The molecule has 2 heterocycles. The molecule has 162 valence electrons. The van der Waals surface area contributed by atoms with E-state index in [0.717, 1.165) is 11.2 Å². The number of halogens is 1. The molecule has 3 aromatic rings. The third kappa shape index (κ3) is 3.79. The van der Waals surface area contributed by atoms with Gasteiger partial charge in [0.2, 0.25) is 0 Å². The van der Waals surface area contributed by atoms with E-state index in [1.807, 2.05) is 32.9 Å². The summed E-state index contributed by atoms with van der Waals surface area (Å²) in [5.74, 6) is -0.679. The number of hydrogen-bond donors (Lipinski definition) is 2. The van der Waals surface area contributed by atoms with Crippen molar-refractivity contribution in [2.75, 3.05) is 18.4 Å². The van der Waals surface area contributed by atoms with Crippen LogP contribution < -0.4 is 15.1 Å². The molecular weight excluding hydrogens is 418 g/mol. The molecule has 0 aliphatic carbocycles. The lowest BCUT2D eigenvalue weighted by molar-refractivity contribution is 0.0842. The Balaban J connectivity index is 1.95. The molecule has 1 N–H and O–H groups in total. The minimum Gasteiger partial charge on any atom is -0.402 e. The number of amides is 1. The Hall–Kier alpha value is -2.56. The van der Waals surface area contributed by atoms with Gasteiger partial charge in [-0.15, -0.1) is 0 Å². The molecule has 1 fully saturated rings. The fourth-order valence-corrected chi connectivity index (χ4v) is 3.77. The Morgan fingerprint density at radius 1 is 1.32 bits per heavy atom. The number of fused-ring (bicyclic) bond motifs is 1. The van der Waals surface area contributed by atoms with Gasteiger partial charge in [0, 0.05) is 30.6 Å². The quantitative estimate of drug-likeness (QED) is 0.481. The zero-order chi connectivity index (χ0) is 22.5. The second-order valence-electron chi connectivity index (χ2n) is 8.10. The van der Waals surface area contributed by atoms with Gasteiger partial charge < -0.3 is 18.9 Å². The van der Waals surface area contributed by atoms with Crippen LogP contribution >= 0.6 is 12.8 Å². The second-order valence-corrected chi connectivity index (χ2v) is 8.70. The SMILES string of the molecule is CNC(=O)c1c2cc(B3OC(C)C(C)(C)O3)c(N(C)S)cc2nn1-c1ccc(F)cc1. The molecule has 1 saturated heterocycles. The fraction of sp³-hybridized carbons (Fsp3) is 0.333. The van der Waals surface area contributed by atoms with E-state index in [0.29, 0.717) is 22.3 Å². The van der Waals surface area contributed by atoms with Crippen LogP contribution in [0.5, 0.6) is 0 Å². The molecule has 4 rings (SSSR count). The van der Waals surface area contributed by atoms with Gasteiger partial charge in [0.1, 0.15) is 11.5 Å². The molecule has 1 unspecified atom stereocenters. The zero-order valence-corrected chi connectivity index (χ0v) is 18.9. The van der Waals surface area contributed by atoms with Crippen LogP contribution in [0.3, 0.4) is 0 Å². The number of thiol groups is 1. The molecule has 0 bridgehead atoms. The molecule has 2 aromatic carbocycles. The molecule has 0 spiro atoms. The highest BCUT2D eigenvalue weighted by Gasteiger charge is 2.45. The summed E-state index contributed by atoms with van der Waals surface area (Å²) < 4.78 is 28.9. The number of aromatic nitrogens is 2. The second kappa shape index (κ2) is 7.85. The summed E-state index contributed by atoms with van der Waals surface area (Å²) >= 11 is 4.48. The summed E-state index contributed by atoms with van der Waals surface area (Å²) in [7, 11) is 2.74. The Bertz CT molecular complexity index is 1150. The number of rotatable bonds is 4. The number of hydrogen-bond acceptors (Lipinski definition) is 6. The normalized spacial score (nSPS) is 17.9. The van der Waals surface area contributed by atoms with Crippen LogP contribution in [0.15, 0.2) is 36.4 Å². The van der Waals surface area contributed by atoms with E-state index in [2.05, 4.69) is 23.2 Å². The molecule has 0 radical (unpaired) electrons. The van der Waals surface area contributed by atoms with Crippen LogP contribution in [-0.2, 0) is 9.31 Å². The number of nitrogens with zero attached hydrogens (tertiary/aromatic N) is 3. The lowest BCUT2D eigenvalue weighted by Crippen LogP contribution is -2.37. The molecule has 7 nitrogen and oxygen atoms in total. The van der Waals surface area contributed by atoms with Crippen LogP contribution in [0.2, 0.25) is 0 Å². The topological polar surface area (TPSA) is 68.6 Å². The highest BCUT2D eigenvalue weighted by Crippen LogP contribution is 2.31. The predicted molar refractivity (Wildman–Crippen MR) is 123 cm³/mol. The minimum atomic E-state index is -0.620. The lowest BCUT2D eigenvalue weighted by Gasteiger charge is -2.22. The summed E-state index contributed by atoms with van der Waals surface area (Å²) in [6, 6.07) is 9.51. The minimum absolute atomic E-state index is 0.119. The number of nitrogens with one attached hydrogen (secondary N) is 1. The largest absolute Gasteiger partial charge is 0.496 e. The van der Waals surface area contributed by atoms with Crippen molar-refractivity contribution in [1.29, 1.82) is 0 Å². The number of anilines is 1. The van der Waals surface area contributed by atoms with E-state index >= 15 is 0 Å². The summed E-state index contributed by atoms with van der Waals surface area (Å²) in [5.41, 5.74) is 2.52. The molecule has 1 amide bonds. The first-order chi connectivity index (χ1) is 14.6. The molecule has 1 aromatic heterocycles. The van der Waals surface area contributed by atoms with Gasteiger partial charge in [-0.1, -0.05) is 12.8 Å². The average molecular weight is 442 g/mol. The maximum absolute atomic E-state index is 13.4. The third-order valence-electron chi connectivity index (χ3n) is 5.65. The van der Waals surface area contributed by atoms with E-state index < -0.39 is 12.7 Å². The van der Waals surface area contributed by atoms with Gasteiger partial charge in [-0.3, -0.25) is 4.79 Å². The first-order valence-corrected chi connectivity index (χ1v) is 10.3. The number of benzene rings is 2. The van der Waals surface area contributed by atoms with E-state index in [4.69, 9.17) is 9.31 Å². The molecule has 0 saturated carbocycles. The zero-order valence-electron chi connectivity index (χ0n) is 18.0. The monoisotopic (exact) mass is 442 g/mol. The first kappa shape index (κ1) is 21.7. The smallest absolute Gasteiger partial charge is 0.402 e. The highest BCUT2D eigenvalue weighted by molar-refractivity contribution is 7.81. The van der Waals surface area contributed by atoms with Crippen molar-refractivity contribution in [3.8, 4) is 5.69 Å². The van der Waals surface area contributed by atoms with Gasteiger partial charge in [0.05, 0.1) is 22.9 Å². The van der Waals surface area contributed by atoms with Crippen LogP contribution in [0.1, 0.15) is 31.3 Å². The molecule has 1 aliphatic heterocycles. The molecule has 10 heteroatoms. The third-order valence-corrected chi connectivity index (χ3v) is 5.87. The van der Waals surface area contributed by atoms with Crippen molar-refractivity contribution in [2.24, 2.45) is 0 Å². The molecule has 1 atom stereocenters. The summed E-state index contributed by atoms with van der Waals surface area (Å²) in [6.07, 6.45) is -0.119. The van der Waals surface area contributed by atoms with Crippen LogP contribution in [0.25, 0.3) is 16.6 Å². The molecule has 31 heavy (non-hydrogen) atoms. The standard InChI is InChI=1S/C21H24BFN4O3S/c1-12-21(2,3)30-22(29-12)16-10-15-17(11-18(16)26(5)31)25-27(19(15)20(28)24-4)14-8-6-13(23)7-9-14/h6-12,31H,1-5H3,(H,24,28). The van der Waals surface area contributed by atoms with Crippen molar-refractivity contribution in [1.82, 2.24) is 15.1 Å². The van der Waals surface area contributed by atoms with E-state index in [-0.39, 0.29) is 17.8 Å². The van der Waals surface area contributed by atoms with E-state index in [1.54, 1.807) is 30.5 Å². The molecular formula is C21H24BFN4O3S. The van der Waals surface area contributed by atoms with Gasteiger partial charge in [0.25, 0.3) is 5.91 Å². The Kier molecular flexibility index (Phi) is 5.49. The predicted octanol–water partition coefficient (Wildman–Crippen LogP) is 2.71. The first-order valence-electron chi connectivity index (χ1n) is 9.93. The van der Waals surface area contributed by atoms with Crippen molar-refractivity contribution < 1.29 is 18.5 Å². The maximum Gasteiger partial charge on any atom is 0.496 e. The van der Waals surface area contributed by atoms with Crippen LogP contribution in [-0.4, -0.2) is 48.6 Å². The van der Waals surface area contributed by atoms with Gasteiger partial charge in [0.15, 0.2) is 0 Å². The highest BCUT2D eigenvalue weighted by atomic mass is 32.1. The molecule has 1 aliphatic rings. The van der Waals surface area contributed by atoms with E-state index in [9.17, 15) is 9.18 Å². The van der Waals surface area contributed by atoms with Gasteiger partial charge >= 0.3 is 7.12 Å². The summed E-state index contributed by atoms with van der Waals surface area (Å²) in [6.45, 7) is 5.91. The van der Waals surface area contributed by atoms with Crippen molar-refractivity contribution >= 4 is 47.9 Å². The van der Waals surface area contributed by atoms with Crippen LogP contribution in [0, 0.1) is 5.82 Å². The average Bonchev–Trinajstić information content (AvgIpc) is 3.23. The van der Waals surface area contributed by atoms with Crippen molar-refractivity contribution in [3.05, 3.63) is 47.9 Å². The maximum atomic E-state index is 13.4. The van der Waals surface area contributed by atoms with Crippen molar-refractivity contribution in [3.63, 3.8) is 0 Å².